The van der Waals surface area contributed by atoms with E-state index in [-0.39, 0.29) is 5.02 Å². The smallest absolute Gasteiger partial charge is 0.319 e. The molecular weight excluding hydrogens is 422 g/mol. The average Bonchev–Trinajstić information content (AvgIpc) is 2.52. The van der Waals surface area contributed by atoms with Crippen molar-refractivity contribution in [2.75, 3.05) is 18.5 Å². The molecule has 2 N–H and O–H groups in total. The number of urea groups is 1. The fraction of sp³-hybridized carbons (Fsp3) is 0.188. The van der Waals surface area contributed by atoms with Crippen LogP contribution in [0.1, 0.15) is 6.42 Å². The molecule has 2 amide bonds. The van der Waals surface area contributed by atoms with E-state index < -0.39 is 11.8 Å². The number of halogens is 4. The van der Waals surface area contributed by atoms with Crippen molar-refractivity contribution in [1.82, 2.24) is 5.32 Å². The van der Waals surface area contributed by atoms with E-state index in [4.69, 9.17) is 27.9 Å². The van der Waals surface area contributed by atoms with E-state index in [1.165, 1.54) is 18.2 Å². The maximum Gasteiger partial charge on any atom is 0.319 e. The van der Waals surface area contributed by atoms with E-state index in [0.29, 0.717) is 36.0 Å². The third kappa shape index (κ3) is 5.85. The summed E-state index contributed by atoms with van der Waals surface area (Å²) in [5, 5.41) is 5.70. The molecule has 0 radical (unpaired) electrons. The van der Waals surface area contributed by atoms with Crippen LogP contribution in [0, 0.1) is 5.82 Å². The van der Waals surface area contributed by atoms with Gasteiger partial charge < -0.3 is 15.4 Å². The van der Waals surface area contributed by atoms with Crippen LogP contribution in [-0.4, -0.2) is 19.2 Å². The number of carbonyl (C=O) groups excluding carboxylic acids is 1. The molecular formula is C16H14BrCl2FN2O2. The average molecular weight is 436 g/mol. The Hall–Kier alpha value is -1.50. The maximum atomic E-state index is 13.0. The summed E-state index contributed by atoms with van der Waals surface area (Å²) < 4.78 is 19.4. The van der Waals surface area contributed by atoms with Crippen LogP contribution >= 0.6 is 39.1 Å². The number of hydrogen-bond donors (Lipinski definition) is 2. The Morgan fingerprint density at radius 3 is 2.67 bits per heavy atom. The van der Waals surface area contributed by atoms with E-state index in [9.17, 15) is 9.18 Å². The van der Waals surface area contributed by atoms with Gasteiger partial charge in [0.2, 0.25) is 0 Å². The molecule has 0 fully saturated rings. The standard InChI is InChI=1S/C16H14BrCl2FN2O2/c17-10-2-5-15(13(19)8-10)24-7-1-6-21-16(23)22-11-3-4-14(20)12(18)9-11/h2-5,8-9H,1,6-7H2,(H2,21,22,23). The highest BCUT2D eigenvalue weighted by Crippen LogP contribution is 2.27. The summed E-state index contributed by atoms with van der Waals surface area (Å²) in [7, 11) is 0. The van der Waals surface area contributed by atoms with Crippen molar-refractivity contribution in [3.8, 4) is 5.75 Å². The molecule has 2 aromatic carbocycles. The normalized spacial score (nSPS) is 10.3. The molecule has 0 saturated carbocycles. The van der Waals surface area contributed by atoms with Crippen LogP contribution in [0.4, 0.5) is 14.9 Å². The van der Waals surface area contributed by atoms with Gasteiger partial charge in [-0.15, -0.1) is 0 Å². The van der Waals surface area contributed by atoms with Gasteiger partial charge in [0.15, 0.2) is 0 Å². The van der Waals surface area contributed by atoms with Crippen LogP contribution in [0.3, 0.4) is 0 Å². The Morgan fingerprint density at radius 2 is 1.96 bits per heavy atom. The summed E-state index contributed by atoms with van der Waals surface area (Å²) in [6, 6.07) is 8.91. The Kier molecular flexibility index (Phi) is 7.15. The molecule has 0 aliphatic rings. The number of hydrogen-bond acceptors (Lipinski definition) is 2. The number of rotatable bonds is 6. The number of anilines is 1. The fourth-order valence-corrected chi connectivity index (χ4v) is 2.71. The molecule has 4 nitrogen and oxygen atoms in total. The summed E-state index contributed by atoms with van der Waals surface area (Å²) in [5.41, 5.74) is 0.414. The highest BCUT2D eigenvalue weighted by Gasteiger charge is 2.05. The molecule has 128 valence electrons. The number of carbonyl (C=O) groups is 1. The molecule has 0 unspecified atom stereocenters. The van der Waals surface area contributed by atoms with E-state index in [1.54, 1.807) is 12.1 Å². The summed E-state index contributed by atoms with van der Waals surface area (Å²) in [6.45, 7) is 0.818. The largest absolute Gasteiger partial charge is 0.492 e. The van der Waals surface area contributed by atoms with Gasteiger partial charge in [-0.25, -0.2) is 9.18 Å². The van der Waals surface area contributed by atoms with Crippen LogP contribution in [-0.2, 0) is 0 Å². The molecule has 0 aliphatic heterocycles. The van der Waals surface area contributed by atoms with Gasteiger partial charge in [-0.1, -0.05) is 39.1 Å². The molecule has 2 aromatic rings. The minimum atomic E-state index is -0.536. The van der Waals surface area contributed by atoms with Crippen LogP contribution in [0.15, 0.2) is 40.9 Å². The Morgan fingerprint density at radius 1 is 1.17 bits per heavy atom. The quantitative estimate of drug-likeness (QED) is 0.589. The SMILES string of the molecule is O=C(NCCCOc1ccc(Br)cc1Cl)Nc1ccc(F)c(Cl)c1. The topological polar surface area (TPSA) is 50.4 Å². The molecule has 0 heterocycles. The molecule has 0 bridgehead atoms. The second-order valence-corrected chi connectivity index (χ2v) is 6.52. The van der Waals surface area contributed by atoms with Crippen LogP contribution in [0.5, 0.6) is 5.75 Å². The lowest BCUT2D eigenvalue weighted by Gasteiger charge is -2.10. The highest BCUT2D eigenvalue weighted by molar-refractivity contribution is 9.10. The van der Waals surface area contributed by atoms with E-state index in [0.717, 1.165) is 4.47 Å². The van der Waals surface area contributed by atoms with Gasteiger partial charge >= 0.3 is 6.03 Å². The summed E-state index contributed by atoms with van der Waals surface area (Å²) in [4.78, 5) is 11.7. The predicted octanol–water partition coefficient (Wildman–Crippen LogP) is 5.49. The Bertz CT molecular complexity index is 731. The lowest BCUT2D eigenvalue weighted by molar-refractivity contribution is 0.250. The van der Waals surface area contributed by atoms with Crippen LogP contribution in [0.2, 0.25) is 10.0 Å². The van der Waals surface area contributed by atoms with Crippen molar-refractivity contribution < 1.29 is 13.9 Å². The second-order valence-electron chi connectivity index (χ2n) is 4.79. The zero-order valence-corrected chi connectivity index (χ0v) is 15.5. The zero-order chi connectivity index (χ0) is 17.5. The van der Waals surface area contributed by atoms with Crippen molar-refractivity contribution in [3.63, 3.8) is 0 Å². The molecule has 0 aromatic heterocycles. The molecule has 0 aliphatic carbocycles. The summed E-state index contributed by atoms with van der Waals surface area (Å²) in [5.74, 6) is 0.0525. The predicted molar refractivity (Wildman–Crippen MR) is 97.7 cm³/mol. The Balaban J connectivity index is 1.68. The minimum Gasteiger partial charge on any atom is -0.492 e. The first-order valence-electron chi connectivity index (χ1n) is 7.03. The Labute approximate surface area is 157 Å². The molecule has 0 saturated heterocycles. The fourth-order valence-electron chi connectivity index (χ4n) is 1.80. The van der Waals surface area contributed by atoms with Gasteiger partial charge in [0, 0.05) is 16.7 Å². The van der Waals surface area contributed by atoms with E-state index in [2.05, 4.69) is 26.6 Å². The van der Waals surface area contributed by atoms with Crippen molar-refractivity contribution >= 4 is 50.9 Å². The molecule has 0 atom stereocenters. The van der Waals surface area contributed by atoms with Crippen molar-refractivity contribution in [1.29, 1.82) is 0 Å². The van der Waals surface area contributed by atoms with E-state index >= 15 is 0 Å². The molecule has 2 rings (SSSR count). The minimum absolute atomic E-state index is 0.0485. The molecule has 24 heavy (non-hydrogen) atoms. The van der Waals surface area contributed by atoms with Crippen LogP contribution < -0.4 is 15.4 Å². The highest BCUT2D eigenvalue weighted by atomic mass is 79.9. The molecule has 8 heteroatoms. The second kappa shape index (κ2) is 9.11. The van der Waals surface area contributed by atoms with Crippen molar-refractivity contribution in [3.05, 3.63) is 56.7 Å². The lowest BCUT2D eigenvalue weighted by Crippen LogP contribution is -2.30. The van der Waals surface area contributed by atoms with Gasteiger partial charge in [0.1, 0.15) is 11.6 Å². The maximum absolute atomic E-state index is 13.0. The first-order chi connectivity index (χ1) is 11.5. The van der Waals surface area contributed by atoms with Gasteiger partial charge in [0.25, 0.3) is 0 Å². The van der Waals surface area contributed by atoms with Gasteiger partial charge in [-0.3, -0.25) is 0 Å². The van der Waals surface area contributed by atoms with E-state index in [1.807, 2.05) is 6.07 Å². The first-order valence-corrected chi connectivity index (χ1v) is 8.58. The lowest BCUT2D eigenvalue weighted by atomic mass is 10.3. The summed E-state index contributed by atoms with van der Waals surface area (Å²) in [6.07, 6.45) is 0.601. The third-order valence-corrected chi connectivity index (χ3v) is 4.01. The van der Waals surface area contributed by atoms with Crippen molar-refractivity contribution in [2.45, 2.75) is 6.42 Å². The van der Waals surface area contributed by atoms with Crippen LogP contribution in [0.25, 0.3) is 0 Å². The zero-order valence-electron chi connectivity index (χ0n) is 12.4. The van der Waals surface area contributed by atoms with Gasteiger partial charge in [-0.05, 0) is 42.8 Å². The van der Waals surface area contributed by atoms with Gasteiger partial charge in [-0.2, -0.15) is 0 Å². The number of ether oxygens (including phenoxy) is 1. The molecule has 0 spiro atoms. The third-order valence-electron chi connectivity index (χ3n) is 2.94. The number of nitrogens with one attached hydrogen (secondary N) is 2. The summed E-state index contributed by atoms with van der Waals surface area (Å²) >= 11 is 15.0. The van der Waals surface area contributed by atoms with Crippen molar-refractivity contribution in [2.24, 2.45) is 0 Å². The monoisotopic (exact) mass is 434 g/mol. The number of benzene rings is 2. The number of amides is 2. The first kappa shape index (κ1) is 18.8. The van der Waals surface area contributed by atoms with Gasteiger partial charge in [0.05, 0.1) is 16.7 Å².